The van der Waals surface area contributed by atoms with Crippen LogP contribution in [0.3, 0.4) is 0 Å². The van der Waals surface area contributed by atoms with Crippen LogP contribution in [0.4, 0.5) is 5.13 Å². The molecule has 3 N–H and O–H groups in total. The molecule has 3 rings (SSSR count). The van der Waals surface area contributed by atoms with E-state index in [1.165, 1.54) is 11.3 Å². The Morgan fingerprint density at radius 3 is 2.61 bits per heavy atom. The number of carbonyl (C=O) groups is 2. The minimum Gasteiger partial charge on any atom is -0.508 e. The van der Waals surface area contributed by atoms with Gasteiger partial charge >= 0.3 is 0 Å². The number of carbonyl (C=O) groups excluding carboxylic acids is 2. The van der Waals surface area contributed by atoms with E-state index in [4.69, 9.17) is 0 Å². The Kier molecular flexibility index (Phi) is 7.16. The molecule has 0 aliphatic rings. The molecule has 2 aromatic heterocycles. The zero-order valence-corrected chi connectivity index (χ0v) is 16.8. The van der Waals surface area contributed by atoms with Gasteiger partial charge in [0.2, 0.25) is 11.8 Å². The molecule has 0 atom stereocenters. The molecule has 0 unspecified atom stereocenters. The number of benzene rings is 1. The molecule has 0 saturated heterocycles. The first-order valence-corrected chi connectivity index (χ1v) is 10.7. The van der Waals surface area contributed by atoms with Crippen molar-refractivity contribution in [3.05, 3.63) is 63.3 Å². The largest absolute Gasteiger partial charge is 0.508 e. The normalized spacial score (nSPS) is 10.6. The molecule has 146 valence electrons. The van der Waals surface area contributed by atoms with Gasteiger partial charge in [0.1, 0.15) is 5.75 Å². The molecule has 6 nitrogen and oxygen atoms in total. The van der Waals surface area contributed by atoms with Crippen molar-refractivity contribution in [1.29, 1.82) is 0 Å². The number of thiazole rings is 1. The number of anilines is 1. The highest BCUT2D eigenvalue weighted by Gasteiger charge is 2.10. The van der Waals surface area contributed by atoms with Crippen molar-refractivity contribution < 1.29 is 14.7 Å². The number of phenols is 1. The van der Waals surface area contributed by atoms with E-state index in [1.54, 1.807) is 28.8 Å². The van der Waals surface area contributed by atoms with Crippen LogP contribution in [0, 0.1) is 0 Å². The molecule has 0 aliphatic carbocycles. The predicted octanol–water partition coefficient (Wildman–Crippen LogP) is 3.38. The highest BCUT2D eigenvalue weighted by Crippen LogP contribution is 2.17. The third-order valence-electron chi connectivity index (χ3n) is 3.96. The predicted molar refractivity (Wildman–Crippen MR) is 112 cm³/mol. The SMILES string of the molecule is O=C(Cc1csc(NC(=O)Cc2cccs2)n1)NCCCc1ccc(O)cc1. The second kappa shape index (κ2) is 10.0. The molecule has 0 radical (unpaired) electrons. The van der Waals surface area contributed by atoms with Crippen LogP contribution in [0.1, 0.15) is 22.6 Å². The van der Waals surface area contributed by atoms with Crippen LogP contribution >= 0.6 is 22.7 Å². The van der Waals surface area contributed by atoms with Gasteiger partial charge in [-0.3, -0.25) is 9.59 Å². The molecule has 0 fully saturated rings. The maximum absolute atomic E-state index is 12.0. The fourth-order valence-electron chi connectivity index (χ4n) is 2.59. The third-order valence-corrected chi connectivity index (χ3v) is 5.64. The van der Waals surface area contributed by atoms with Crippen molar-refractivity contribution in [3.8, 4) is 5.75 Å². The first-order valence-electron chi connectivity index (χ1n) is 8.90. The van der Waals surface area contributed by atoms with Crippen molar-refractivity contribution >= 4 is 39.6 Å². The summed E-state index contributed by atoms with van der Waals surface area (Å²) in [7, 11) is 0. The van der Waals surface area contributed by atoms with Crippen LogP contribution in [-0.4, -0.2) is 28.4 Å². The maximum Gasteiger partial charge on any atom is 0.231 e. The van der Waals surface area contributed by atoms with E-state index in [1.807, 2.05) is 29.6 Å². The van der Waals surface area contributed by atoms with Gasteiger partial charge in [0, 0.05) is 16.8 Å². The second-order valence-corrected chi connectivity index (χ2v) is 8.14. The lowest BCUT2D eigenvalue weighted by Gasteiger charge is -2.05. The average Bonchev–Trinajstić information content (AvgIpc) is 3.32. The summed E-state index contributed by atoms with van der Waals surface area (Å²) in [5.41, 5.74) is 1.77. The molecule has 1 aromatic carbocycles. The standard InChI is InChI=1S/C20H21N3O3S2/c24-16-7-5-14(6-8-16)3-1-9-21-18(25)11-15-13-28-20(22-15)23-19(26)12-17-4-2-10-27-17/h2,4-8,10,13,24H,1,3,9,11-12H2,(H,21,25)(H,22,23,26). The highest BCUT2D eigenvalue weighted by atomic mass is 32.1. The lowest BCUT2D eigenvalue weighted by Crippen LogP contribution is -2.26. The molecular formula is C20H21N3O3S2. The fraction of sp³-hybridized carbons (Fsp3) is 0.250. The molecule has 8 heteroatoms. The Balaban J connectivity index is 1.36. The number of thiophene rings is 1. The molecule has 0 aliphatic heterocycles. The number of aryl methyl sites for hydroxylation is 1. The van der Waals surface area contributed by atoms with Gasteiger partial charge in [0.25, 0.3) is 0 Å². The molecule has 0 spiro atoms. The molecular weight excluding hydrogens is 394 g/mol. The van der Waals surface area contributed by atoms with E-state index in [0.29, 0.717) is 23.8 Å². The van der Waals surface area contributed by atoms with Crippen molar-refractivity contribution in [2.45, 2.75) is 25.7 Å². The summed E-state index contributed by atoms with van der Waals surface area (Å²) < 4.78 is 0. The topological polar surface area (TPSA) is 91.3 Å². The Labute approximate surface area is 171 Å². The fourth-order valence-corrected chi connectivity index (χ4v) is 4.02. The van der Waals surface area contributed by atoms with E-state index < -0.39 is 0 Å². The van der Waals surface area contributed by atoms with Gasteiger partial charge in [-0.1, -0.05) is 18.2 Å². The number of amides is 2. The summed E-state index contributed by atoms with van der Waals surface area (Å²) in [5, 5.41) is 19.2. The van der Waals surface area contributed by atoms with Gasteiger partial charge in [0.05, 0.1) is 18.5 Å². The van der Waals surface area contributed by atoms with Crippen molar-refractivity contribution in [3.63, 3.8) is 0 Å². The second-order valence-electron chi connectivity index (χ2n) is 6.25. The lowest BCUT2D eigenvalue weighted by atomic mass is 10.1. The summed E-state index contributed by atoms with van der Waals surface area (Å²) in [5.74, 6) is 0.0527. The van der Waals surface area contributed by atoms with Crippen molar-refractivity contribution in [1.82, 2.24) is 10.3 Å². The van der Waals surface area contributed by atoms with Crippen LogP contribution in [0.25, 0.3) is 0 Å². The first kappa shape index (κ1) is 20.0. The Hall–Kier alpha value is -2.71. The minimum atomic E-state index is -0.109. The Morgan fingerprint density at radius 2 is 1.86 bits per heavy atom. The Morgan fingerprint density at radius 1 is 1.04 bits per heavy atom. The highest BCUT2D eigenvalue weighted by molar-refractivity contribution is 7.14. The quantitative estimate of drug-likeness (QED) is 0.467. The number of hydrogen-bond acceptors (Lipinski definition) is 6. The summed E-state index contributed by atoms with van der Waals surface area (Å²) in [6.45, 7) is 0.578. The van der Waals surface area contributed by atoms with E-state index in [-0.39, 0.29) is 24.0 Å². The minimum absolute atomic E-state index is 0.0903. The van der Waals surface area contributed by atoms with Gasteiger partial charge in [-0.15, -0.1) is 22.7 Å². The summed E-state index contributed by atoms with van der Waals surface area (Å²) >= 11 is 2.86. The number of rotatable bonds is 9. The molecule has 28 heavy (non-hydrogen) atoms. The van der Waals surface area contributed by atoms with E-state index in [0.717, 1.165) is 23.3 Å². The summed E-state index contributed by atoms with van der Waals surface area (Å²) in [6.07, 6.45) is 2.17. The van der Waals surface area contributed by atoms with Crippen LogP contribution in [-0.2, 0) is 28.9 Å². The van der Waals surface area contributed by atoms with Crippen LogP contribution in [0.5, 0.6) is 5.75 Å². The Bertz CT molecular complexity index is 905. The monoisotopic (exact) mass is 415 g/mol. The zero-order chi connectivity index (χ0) is 19.8. The lowest BCUT2D eigenvalue weighted by molar-refractivity contribution is -0.120. The molecule has 3 aromatic rings. The molecule has 2 amide bonds. The summed E-state index contributed by atoms with van der Waals surface area (Å²) in [6, 6.07) is 10.9. The van der Waals surface area contributed by atoms with Crippen LogP contribution < -0.4 is 10.6 Å². The molecule has 2 heterocycles. The number of hydrogen-bond donors (Lipinski definition) is 3. The van der Waals surface area contributed by atoms with Crippen LogP contribution in [0.15, 0.2) is 47.2 Å². The maximum atomic E-state index is 12.0. The smallest absolute Gasteiger partial charge is 0.231 e. The van der Waals surface area contributed by atoms with E-state index in [9.17, 15) is 14.7 Å². The van der Waals surface area contributed by atoms with E-state index in [2.05, 4.69) is 15.6 Å². The van der Waals surface area contributed by atoms with Gasteiger partial charge in [0.15, 0.2) is 5.13 Å². The van der Waals surface area contributed by atoms with Gasteiger partial charge in [-0.05, 0) is 42.0 Å². The van der Waals surface area contributed by atoms with Crippen molar-refractivity contribution in [2.24, 2.45) is 0 Å². The molecule has 0 saturated carbocycles. The average molecular weight is 416 g/mol. The third kappa shape index (κ3) is 6.47. The zero-order valence-electron chi connectivity index (χ0n) is 15.2. The van der Waals surface area contributed by atoms with Crippen LogP contribution in [0.2, 0.25) is 0 Å². The van der Waals surface area contributed by atoms with Gasteiger partial charge in [-0.2, -0.15) is 0 Å². The number of phenolic OH excluding ortho intramolecular Hbond substituents is 1. The first-order chi connectivity index (χ1) is 13.6. The number of nitrogens with zero attached hydrogens (tertiary/aromatic N) is 1. The number of nitrogens with one attached hydrogen (secondary N) is 2. The van der Waals surface area contributed by atoms with Gasteiger partial charge in [-0.25, -0.2) is 4.98 Å². The van der Waals surface area contributed by atoms with E-state index >= 15 is 0 Å². The summed E-state index contributed by atoms with van der Waals surface area (Å²) in [4.78, 5) is 29.3. The number of aromatic hydroxyl groups is 1. The van der Waals surface area contributed by atoms with Crippen molar-refractivity contribution in [2.75, 3.05) is 11.9 Å². The number of aromatic nitrogens is 1. The molecule has 0 bridgehead atoms. The van der Waals surface area contributed by atoms with Gasteiger partial charge < -0.3 is 15.7 Å².